The fraction of sp³-hybridized carbons (Fsp3) is 0.500. The van der Waals surface area contributed by atoms with Crippen molar-refractivity contribution in [2.24, 2.45) is 5.73 Å². The minimum Gasteiger partial charge on any atom is -0.483 e. The number of benzene rings is 2. The van der Waals surface area contributed by atoms with E-state index in [0.717, 1.165) is 16.7 Å². The lowest BCUT2D eigenvalue weighted by Crippen LogP contribution is -2.61. The van der Waals surface area contributed by atoms with Crippen LogP contribution >= 0.6 is 11.8 Å². The van der Waals surface area contributed by atoms with Gasteiger partial charge in [-0.05, 0) is 71.6 Å². The number of para-hydroxylation sites is 1. The highest BCUT2D eigenvalue weighted by atomic mass is 32.2. The minimum absolute atomic E-state index is 0.0853. The zero-order valence-electron chi connectivity index (χ0n) is 29.8. The second-order valence-corrected chi connectivity index (χ2v) is 15.5. The van der Waals surface area contributed by atoms with Crippen molar-refractivity contribution in [3.63, 3.8) is 0 Å². The van der Waals surface area contributed by atoms with Gasteiger partial charge in [-0.25, -0.2) is 0 Å². The molecule has 0 spiro atoms. The van der Waals surface area contributed by atoms with Gasteiger partial charge in [-0.2, -0.15) is 0 Å². The van der Waals surface area contributed by atoms with Crippen molar-refractivity contribution in [1.82, 2.24) is 20.9 Å². The SMILES string of the molecule is Cc1cccc(C)c1OCC(=O)N[C@@H](Cc1ccccc1)[C@H](OC(=O)CCC(=O)NCC(N)=O)C(=O)N1CSC(C)(C)C1C(=O)NC(C)(C)C. The molecule has 5 amide bonds. The monoisotopic (exact) mass is 711 g/mol. The van der Waals surface area contributed by atoms with Crippen LogP contribution in [0.4, 0.5) is 0 Å². The average Bonchev–Trinajstić information content (AvgIpc) is 3.35. The lowest BCUT2D eigenvalue weighted by molar-refractivity contribution is -0.164. The number of nitrogens with zero attached hydrogens (tertiary/aromatic N) is 1. The van der Waals surface area contributed by atoms with Crippen molar-refractivity contribution in [2.75, 3.05) is 19.0 Å². The van der Waals surface area contributed by atoms with Gasteiger partial charge in [0.05, 0.1) is 24.9 Å². The number of amides is 5. The molecule has 2 aromatic rings. The lowest BCUT2D eigenvalue weighted by atomic mass is 9.96. The molecule has 2 aromatic carbocycles. The summed E-state index contributed by atoms with van der Waals surface area (Å²) in [6.45, 7) is 12.2. The van der Waals surface area contributed by atoms with Gasteiger partial charge in [-0.1, -0.05) is 48.5 Å². The maximum atomic E-state index is 14.6. The van der Waals surface area contributed by atoms with Crippen LogP contribution in [0.3, 0.4) is 0 Å². The van der Waals surface area contributed by atoms with Crippen LogP contribution in [-0.4, -0.2) is 87.9 Å². The van der Waals surface area contributed by atoms with Gasteiger partial charge in [0.25, 0.3) is 11.8 Å². The zero-order valence-corrected chi connectivity index (χ0v) is 30.6. The van der Waals surface area contributed by atoms with Gasteiger partial charge < -0.3 is 36.1 Å². The van der Waals surface area contributed by atoms with E-state index >= 15 is 0 Å². The summed E-state index contributed by atoms with van der Waals surface area (Å²) in [5.41, 5.74) is 6.92. The maximum Gasteiger partial charge on any atom is 0.307 e. The largest absolute Gasteiger partial charge is 0.483 e. The summed E-state index contributed by atoms with van der Waals surface area (Å²) in [4.78, 5) is 79.7. The molecule has 272 valence electrons. The van der Waals surface area contributed by atoms with Crippen LogP contribution in [-0.2, 0) is 39.9 Å². The van der Waals surface area contributed by atoms with E-state index in [1.165, 1.54) is 16.7 Å². The summed E-state index contributed by atoms with van der Waals surface area (Å²) in [6.07, 6.45) is -2.26. The van der Waals surface area contributed by atoms with E-state index in [-0.39, 0.29) is 31.2 Å². The Morgan fingerprint density at radius 1 is 0.960 bits per heavy atom. The summed E-state index contributed by atoms with van der Waals surface area (Å²) in [6, 6.07) is 12.6. The van der Waals surface area contributed by atoms with Crippen molar-refractivity contribution in [3.8, 4) is 5.75 Å². The molecule has 0 aliphatic carbocycles. The molecule has 0 radical (unpaired) electrons. The number of nitrogens with two attached hydrogens (primary N) is 1. The predicted molar refractivity (Wildman–Crippen MR) is 190 cm³/mol. The Morgan fingerprint density at radius 2 is 1.60 bits per heavy atom. The Kier molecular flexibility index (Phi) is 13.8. The first kappa shape index (κ1) is 39.8. The second-order valence-electron chi connectivity index (χ2n) is 13.9. The van der Waals surface area contributed by atoms with Crippen LogP contribution in [0.15, 0.2) is 48.5 Å². The van der Waals surface area contributed by atoms with E-state index in [4.69, 9.17) is 15.2 Å². The van der Waals surface area contributed by atoms with Gasteiger partial charge >= 0.3 is 5.97 Å². The first-order valence-electron chi connectivity index (χ1n) is 16.4. The Balaban J connectivity index is 1.97. The van der Waals surface area contributed by atoms with Gasteiger partial charge in [0.2, 0.25) is 23.8 Å². The quantitative estimate of drug-likeness (QED) is 0.201. The standard InChI is InChI=1S/C36H49N5O8S/c1-22-12-11-13-23(2)30(22)48-20-28(44)39-25(18-24-14-9-8-10-15-24)31(49-29(45)17-16-27(43)38-19-26(37)42)34(47)41-21-50-36(6,7)32(41)33(46)40-35(3,4)5/h8-15,25,31-32H,16-21H2,1-7H3,(H2,37,42)(H,38,43)(H,39,44)(H,40,46)/t25-,31-,32?/m0/s1. The highest BCUT2D eigenvalue weighted by molar-refractivity contribution is 8.00. The van der Waals surface area contributed by atoms with Crippen molar-refractivity contribution >= 4 is 47.3 Å². The van der Waals surface area contributed by atoms with Crippen molar-refractivity contribution < 1.29 is 38.2 Å². The number of rotatable bonds is 15. The fourth-order valence-electron chi connectivity index (χ4n) is 5.52. The Bertz CT molecular complexity index is 1540. The smallest absolute Gasteiger partial charge is 0.307 e. The van der Waals surface area contributed by atoms with Crippen LogP contribution in [0.5, 0.6) is 5.75 Å². The van der Waals surface area contributed by atoms with E-state index in [1.54, 1.807) is 12.1 Å². The van der Waals surface area contributed by atoms with Crippen molar-refractivity contribution in [2.45, 2.75) is 96.2 Å². The number of carbonyl (C=O) groups is 6. The zero-order chi connectivity index (χ0) is 37.2. The van der Waals surface area contributed by atoms with Gasteiger partial charge in [-0.15, -0.1) is 11.8 Å². The van der Waals surface area contributed by atoms with E-state index in [0.29, 0.717) is 5.75 Å². The van der Waals surface area contributed by atoms with Gasteiger partial charge in [0, 0.05) is 16.7 Å². The fourth-order valence-corrected chi connectivity index (χ4v) is 6.66. The van der Waals surface area contributed by atoms with Crippen LogP contribution in [0, 0.1) is 13.8 Å². The minimum atomic E-state index is -1.58. The topological polar surface area (TPSA) is 186 Å². The molecule has 3 atom stereocenters. The van der Waals surface area contributed by atoms with Gasteiger partial charge in [-0.3, -0.25) is 28.8 Å². The van der Waals surface area contributed by atoms with Crippen LogP contribution in [0.2, 0.25) is 0 Å². The number of esters is 1. The molecule has 0 bridgehead atoms. The molecule has 14 heteroatoms. The number of hydrogen-bond acceptors (Lipinski definition) is 9. The second kappa shape index (κ2) is 17.4. The summed E-state index contributed by atoms with van der Waals surface area (Å²) in [5.74, 6) is -3.19. The highest BCUT2D eigenvalue weighted by Gasteiger charge is 2.51. The summed E-state index contributed by atoms with van der Waals surface area (Å²) >= 11 is 1.40. The average molecular weight is 712 g/mol. The molecular formula is C36H49N5O8S. The number of carbonyl (C=O) groups excluding carboxylic acids is 6. The molecule has 0 saturated carbocycles. The molecule has 1 aliphatic rings. The molecule has 3 rings (SSSR count). The van der Waals surface area contributed by atoms with Gasteiger partial charge in [0.15, 0.2) is 6.61 Å². The molecule has 1 saturated heterocycles. The molecule has 50 heavy (non-hydrogen) atoms. The van der Waals surface area contributed by atoms with E-state index in [2.05, 4.69) is 16.0 Å². The van der Waals surface area contributed by atoms with E-state index in [1.807, 2.05) is 84.9 Å². The Labute approximate surface area is 297 Å². The maximum absolute atomic E-state index is 14.6. The summed E-state index contributed by atoms with van der Waals surface area (Å²) in [7, 11) is 0. The molecule has 5 N–H and O–H groups in total. The summed E-state index contributed by atoms with van der Waals surface area (Å²) in [5, 5.41) is 8.12. The third-order valence-corrected chi connectivity index (χ3v) is 9.23. The number of aryl methyl sites for hydroxylation is 2. The van der Waals surface area contributed by atoms with Crippen LogP contribution in [0.1, 0.15) is 64.2 Å². The normalized spacial score (nSPS) is 16.5. The first-order chi connectivity index (χ1) is 23.4. The molecule has 1 fully saturated rings. The number of ether oxygens (including phenoxy) is 2. The molecule has 1 aliphatic heterocycles. The predicted octanol–water partition coefficient (Wildman–Crippen LogP) is 2.30. The molecule has 1 unspecified atom stereocenters. The van der Waals surface area contributed by atoms with E-state index in [9.17, 15) is 28.8 Å². The third-order valence-electron chi connectivity index (χ3n) is 7.86. The van der Waals surface area contributed by atoms with Crippen LogP contribution in [0.25, 0.3) is 0 Å². The number of thioether (sulfide) groups is 1. The first-order valence-corrected chi connectivity index (χ1v) is 17.4. The molecular weight excluding hydrogens is 662 g/mol. The van der Waals surface area contributed by atoms with Gasteiger partial charge in [0.1, 0.15) is 11.8 Å². The Morgan fingerprint density at radius 3 is 2.20 bits per heavy atom. The molecule has 1 heterocycles. The molecule has 13 nitrogen and oxygen atoms in total. The van der Waals surface area contributed by atoms with Crippen LogP contribution < -0.4 is 26.4 Å². The lowest BCUT2D eigenvalue weighted by Gasteiger charge is -2.36. The van der Waals surface area contributed by atoms with Crippen molar-refractivity contribution in [1.29, 1.82) is 0 Å². The van der Waals surface area contributed by atoms with Crippen molar-refractivity contribution in [3.05, 3.63) is 65.2 Å². The Hall–Kier alpha value is -4.59. The third kappa shape index (κ3) is 11.8. The summed E-state index contributed by atoms with van der Waals surface area (Å²) < 4.78 is 11.0. The number of primary amides is 1. The highest BCUT2D eigenvalue weighted by Crippen LogP contribution is 2.40. The number of hydrogen-bond donors (Lipinski definition) is 4. The number of nitrogens with one attached hydrogen (secondary N) is 3. The molecule has 0 aromatic heterocycles. The van der Waals surface area contributed by atoms with E-state index < -0.39 is 71.0 Å².